The Morgan fingerprint density at radius 3 is 2.65 bits per heavy atom. The zero-order valence-electron chi connectivity index (χ0n) is 15.7. The Balaban J connectivity index is 1.79. The lowest BCUT2D eigenvalue weighted by Crippen LogP contribution is -3.06. The average molecular weight is 369 g/mol. The molecule has 1 N–H and O–H groups in total. The van der Waals surface area contributed by atoms with Crippen molar-refractivity contribution in [2.45, 2.75) is 19.8 Å². The zero-order valence-corrected chi connectivity index (χ0v) is 16.5. The normalized spacial score (nSPS) is 11.2. The van der Waals surface area contributed by atoms with Crippen LogP contribution in [0.2, 0.25) is 0 Å². The number of amides is 1. The predicted molar refractivity (Wildman–Crippen MR) is 109 cm³/mol. The molecule has 0 aliphatic rings. The van der Waals surface area contributed by atoms with Gasteiger partial charge in [0.15, 0.2) is 5.13 Å². The van der Waals surface area contributed by atoms with Crippen LogP contribution in [-0.4, -0.2) is 38.1 Å². The Labute approximate surface area is 159 Å². The van der Waals surface area contributed by atoms with Crippen LogP contribution in [0.5, 0.6) is 0 Å². The van der Waals surface area contributed by atoms with Gasteiger partial charge >= 0.3 is 0 Å². The van der Waals surface area contributed by atoms with E-state index in [0.29, 0.717) is 13.0 Å². The highest BCUT2D eigenvalue weighted by Gasteiger charge is 2.20. The monoisotopic (exact) mass is 368 g/mol. The zero-order chi connectivity index (χ0) is 18.5. The number of likely N-dealkylation sites (N-methyl/N-ethyl adjacent to an activating group) is 1. The van der Waals surface area contributed by atoms with E-state index in [1.165, 1.54) is 16.0 Å². The first-order chi connectivity index (χ1) is 12.5. The molecule has 0 aliphatic carbocycles. The maximum Gasteiger partial charge on any atom is 0.229 e. The number of nitrogens with zero attached hydrogens (tertiary/aromatic N) is 2. The van der Waals surface area contributed by atoms with Crippen LogP contribution in [0.4, 0.5) is 5.13 Å². The topological polar surface area (TPSA) is 37.6 Å². The van der Waals surface area contributed by atoms with Crippen molar-refractivity contribution in [3.63, 3.8) is 0 Å². The molecule has 26 heavy (non-hydrogen) atoms. The Morgan fingerprint density at radius 2 is 1.92 bits per heavy atom. The van der Waals surface area contributed by atoms with Crippen LogP contribution in [0.15, 0.2) is 48.5 Å². The number of rotatable bonds is 7. The molecule has 0 atom stereocenters. The molecular formula is C21H26N3OS+. The van der Waals surface area contributed by atoms with Gasteiger partial charge in [0.1, 0.15) is 0 Å². The Morgan fingerprint density at radius 1 is 1.15 bits per heavy atom. The van der Waals surface area contributed by atoms with E-state index < -0.39 is 0 Å². The van der Waals surface area contributed by atoms with Crippen molar-refractivity contribution >= 4 is 32.6 Å². The molecule has 0 spiro atoms. The lowest BCUT2D eigenvalue weighted by molar-refractivity contribution is -0.856. The van der Waals surface area contributed by atoms with Crippen molar-refractivity contribution in [1.29, 1.82) is 0 Å². The molecule has 3 aromatic rings. The molecule has 1 aromatic heterocycles. The van der Waals surface area contributed by atoms with Crippen LogP contribution >= 0.6 is 11.3 Å². The van der Waals surface area contributed by atoms with E-state index in [9.17, 15) is 4.79 Å². The van der Waals surface area contributed by atoms with E-state index >= 15 is 0 Å². The second-order valence-electron chi connectivity index (χ2n) is 6.96. The van der Waals surface area contributed by atoms with E-state index in [2.05, 4.69) is 45.3 Å². The van der Waals surface area contributed by atoms with E-state index in [-0.39, 0.29) is 5.91 Å². The summed E-state index contributed by atoms with van der Waals surface area (Å²) in [6, 6.07) is 16.4. The summed E-state index contributed by atoms with van der Waals surface area (Å²) in [6.07, 6.45) is 1.26. The van der Waals surface area contributed by atoms with Gasteiger partial charge in [0, 0.05) is 6.42 Å². The van der Waals surface area contributed by atoms with Gasteiger partial charge in [-0.25, -0.2) is 4.98 Å². The largest absolute Gasteiger partial charge is 0.338 e. The first-order valence-electron chi connectivity index (χ1n) is 9.03. The van der Waals surface area contributed by atoms with Gasteiger partial charge in [-0.2, -0.15) is 0 Å². The fourth-order valence-electron chi connectivity index (χ4n) is 2.83. The Hall–Kier alpha value is -2.24. The first-order valence-corrected chi connectivity index (χ1v) is 9.85. The number of thiazole rings is 1. The number of fused-ring (bicyclic) bond motifs is 1. The fraction of sp³-hybridized carbons (Fsp3) is 0.333. The van der Waals surface area contributed by atoms with E-state index in [1.54, 1.807) is 11.3 Å². The second-order valence-corrected chi connectivity index (χ2v) is 7.96. The third kappa shape index (κ3) is 4.68. The van der Waals surface area contributed by atoms with Crippen LogP contribution in [0.3, 0.4) is 0 Å². The van der Waals surface area contributed by atoms with Crippen molar-refractivity contribution < 1.29 is 9.69 Å². The number of aromatic nitrogens is 1. The summed E-state index contributed by atoms with van der Waals surface area (Å²) in [5, 5.41) is 0.810. The first kappa shape index (κ1) is 18.5. The number of aryl methyl sites for hydroxylation is 2. The maximum atomic E-state index is 13.0. The fourth-order valence-corrected chi connectivity index (χ4v) is 3.94. The number of anilines is 1. The van der Waals surface area contributed by atoms with Gasteiger partial charge in [0.25, 0.3) is 0 Å². The van der Waals surface area contributed by atoms with Gasteiger partial charge in [-0.15, -0.1) is 0 Å². The van der Waals surface area contributed by atoms with Gasteiger partial charge in [-0.05, 0) is 36.6 Å². The Bertz CT molecular complexity index is 873. The quantitative estimate of drug-likeness (QED) is 0.696. The molecule has 1 amide bonds. The van der Waals surface area contributed by atoms with E-state index in [0.717, 1.165) is 28.3 Å². The predicted octanol–water partition coefficient (Wildman–Crippen LogP) is 2.72. The molecule has 0 saturated carbocycles. The van der Waals surface area contributed by atoms with Crippen LogP contribution in [-0.2, 0) is 11.2 Å². The van der Waals surface area contributed by atoms with Crippen molar-refractivity contribution in [3.8, 4) is 0 Å². The highest BCUT2D eigenvalue weighted by atomic mass is 32.1. The molecule has 136 valence electrons. The maximum absolute atomic E-state index is 13.0. The molecule has 0 aliphatic heterocycles. The summed E-state index contributed by atoms with van der Waals surface area (Å²) in [4.78, 5) is 20.9. The smallest absolute Gasteiger partial charge is 0.229 e. The third-order valence-electron chi connectivity index (χ3n) is 4.37. The molecule has 0 radical (unpaired) electrons. The molecule has 0 unspecified atom stereocenters. The molecule has 5 heteroatoms. The number of carbonyl (C=O) groups excluding carboxylic acids is 1. The highest BCUT2D eigenvalue weighted by molar-refractivity contribution is 7.22. The second kappa shape index (κ2) is 8.43. The SMILES string of the molecule is Cc1ccc2nc(N(CC[NH+](C)C)C(=O)CCc3ccccc3)sc2c1. The molecule has 0 bridgehead atoms. The van der Waals surface area contributed by atoms with Gasteiger partial charge in [0.2, 0.25) is 5.91 Å². The minimum atomic E-state index is 0.144. The van der Waals surface area contributed by atoms with Crippen LogP contribution < -0.4 is 9.80 Å². The van der Waals surface area contributed by atoms with Gasteiger partial charge in [-0.3, -0.25) is 9.69 Å². The van der Waals surface area contributed by atoms with Crippen LogP contribution in [0, 0.1) is 6.92 Å². The van der Waals surface area contributed by atoms with Gasteiger partial charge in [0.05, 0.1) is 37.4 Å². The summed E-state index contributed by atoms with van der Waals surface area (Å²) in [5.41, 5.74) is 3.38. The number of hydrogen-bond donors (Lipinski definition) is 1. The average Bonchev–Trinajstić information content (AvgIpc) is 3.03. The number of carbonyl (C=O) groups is 1. The number of quaternary nitrogens is 1. The molecular weight excluding hydrogens is 342 g/mol. The lowest BCUT2D eigenvalue weighted by atomic mass is 10.1. The molecule has 1 heterocycles. The van der Waals surface area contributed by atoms with Crippen molar-refractivity contribution in [2.24, 2.45) is 0 Å². The Kier molecular flexibility index (Phi) is 6.01. The third-order valence-corrected chi connectivity index (χ3v) is 5.41. The summed E-state index contributed by atoms with van der Waals surface area (Å²) in [7, 11) is 4.21. The summed E-state index contributed by atoms with van der Waals surface area (Å²) >= 11 is 1.61. The summed E-state index contributed by atoms with van der Waals surface area (Å²) < 4.78 is 1.14. The molecule has 3 rings (SSSR count). The standard InChI is InChI=1S/C21H25N3OS/c1-16-9-11-18-19(15-16)26-21(22-18)24(14-13-23(2)3)20(25)12-10-17-7-5-4-6-8-17/h4-9,11,15H,10,12-14H2,1-3H3/p+1. The lowest BCUT2D eigenvalue weighted by Gasteiger charge is -2.20. The minimum absolute atomic E-state index is 0.144. The highest BCUT2D eigenvalue weighted by Crippen LogP contribution is 2.29. The molecule has 2 aromatic carbocycles. The molecule has 0 fully saturated rings. The molecule has 4 nitrogen and oxygen atoms in total. The number of hydrogen-bond acceptors (Lipinski definition) is 3. The van der Waals surface area contributed by atoms with E-state index in [1.807, 2.05) is 29.2 Å². The number of benzene rings is 2. The minimum Gasteiger partial charge on any atom is -0.338 e. The van der Waals surface area contributed by atoms with Gasteiger partial charge < -0.3 is 4.90 Å². The summed E-state index contributed by atoms with van der Waals surface area (Å²) in [5.74, 6) is 0.144. The van der Waals surface area contributed by atoms with Crippen LogP contribution in [0.25, 0.3) is 10.2 Å². The molecule has 0 saturated heterocycles. The summed E-state index contributed by atoms with van der Waals surface area (Å²) in [6.45, 7) is 3.66. The van der Waals surface area contributed by atoms with Crippen molar-refractivity contribution in [3.05, 3.63) is 59.7 Å². The number of nitrogens with one attached hydrogen (secondary N) is 1. The van der Waals surface area contributed by atoms with Crippen molar-refractivity contribution in [2.75, 3.05) is 32.1 Å². The van der Waals surface area contributed by atoms with Crippen LogP contribution in [0.1, 0.15) is 17.5 Å². The van der Waals surface area contributed by atoms with Gasteiger partial charge in [-0.1, -0.05) is 47.7 Å². The van der Waals surface area contributed by atoms with Crippen molar-refractivity contribution in [1.82, 2.24) is 4.98 Å². The van der Waals surface area contributed by atoms with E-state index in [4.69, 9.17) is 4.98 Å².